The smallest absolute Gasteiger partial charge is 0.232 e. The lowest BCUT2D eigenvalue weighted by Gasteiger charge is -2.14. The van der Waals surface area contributed by atoms with Crippen LogP contribution in [0.1, 0.15) is 24.1 Å². The molecule has 1 N–H and O–H groups in total. The van der Waals surface area contributed by atoms with Gasteiger partial charge in [-0.1, -0.05) is 35.6 Å². The van der Waals surface area contributed by atoms with Gasteiger partial charge in [-0.3, -0.25) is 9.69 Å². The third-order valence-corrected chi connectivity index (χ3v) is 9.50. The van der Waals surface area contributed by atoms with E-state index in [-0.39, 0.29) is 23.1 Å². The van der Waals surface area contributed by atoms with Crippen LogP contribution >= 0.6 is 11.3 Å². The van der Waals surface area contributed by atoms with E-state index in [0.29, 0.717) is 26.2 Å². The predicted octanol–water partition coefficient (Wildman–Crippen LogP) is 5.17. The number of aromatic nitrogens is 1. The van der Waals surface area contributed by atoms with Crippen molar-refractivity contribution in [1.82, 2.24) is 4.98 Å². The van der Waals surface area contributed by atoms with Crippen LogP contribution < -0.4 is 4.90 Å². The fourth-order valence-electron chi connectivity index (χ4n) is 3.27. The van der Waals surface area contributed by atoms with Gasteiger partial charge in [0.1, 0.15) is 15.8 Å². The summed E-state index contributed by atoms with van der Waals surface area (Å²) >= 11 is 1.14. The topological polar surface area (TPSA) is 74.1 Å². The minimum atomic E-state index is -2.87. The maximum absolute atomic E-state index is 14.0. The van der Waals surface area contributed by atoms with Gasteiger partial charge in [0.05, 0.1) is 21.8 Å². The molecular weight excluding hydrogens is 440 g/mol. The maximum atomic E-state index is 14.0. The lowest BCUT2D eigenvalue weighted by molar-refractivity contribution is -0.117. The van der Waals surface area contributed by atoms with E-state index in [2.05, 4.69) is 4.98 Å². The lowest BCUT2D eigenvalue weighted by Crippen LogP contribution is -2.27. The first-order valence-corrected chi connectivity index (χ1v) is 12.2. The minimum Gasteiger partial charge on any atom is -0.291 e. The van der Waals surface area contributed by atoms with Crippen LogP contribution in [0.2, 0.25) is 0 Å². The number of hydrogen-bond acceptors (Lipinski definition) is 5. The van der Waals surface area contributed by atoms with Crippen LogP contribution in [0.5, 0.6) is 0 Å². The summed E-state index contributed by atoms with van der Waals surface area (Å²) < 4.78 is 48.8. The Morgan fingerprint density at radius 2 is 1.90 bits per heavy atom. The largest absolute Gasteiger partial charge is 0.291 e. The molecule has 1 fully saturated rings. The van der Waals surface area contributed by atoms with Crippen molar-refractivity contribution in [2.75, 3.05) is 11.9 Å². The van der Waals surface area contributed by atoms with Crippen LogP contribution in [-0.4, -0.2) is 27.4 Å². The van der Waals surface area contributed by atoms with E-state index < -0.39 is 21.4 Å². The molecule has 0 spiro atoms. The second kappa shape index (κ2) is 8.12. The van der Waals surface area contributed by atoms with Gasteiger partial charge in [0, 0.05) is 17.9 Å². The SMILES string of the molecule is Cc1nc(N(C)C(=O)Cc2ccc(-c3cc(F)ccc3F)cc2)sc1S(=N)(=O)C1CC1. The molecule has 3 aromatic rings. The van der Waals surface area contributed by atoms with Gasteiger partial charge in [-0.2, -0.15) is 0 Å². The van der Waals surface area contributed by atoms with Gasteiger partial charge in [0.2, 0.25) is 5.91 Å². The Balaban J connectivity index is 1.49. The number of rotatable bonds is 6. The molecular formula is C22H21F2N3O2S2. The quantitative estimate of drug-likeness (QED) is 0.550. The van der Waals surface area contributed by atoms with Crippen molar-refractivity contribution in [1.29, 1.82) is 4.78 Å². The first-order valence-electron chi connectivity index (χ1n) is 9.73. The Morgan fingerprint density at radius 1 is 1.23 bits per heavy atom. The molecule has 1 aromatic heterocycles. The Morgan fingerprint density at radius 3 is 2.55 bits per heavy atom. The normalized spacial score (nSPS) is 15.5. The number of thiazole rings is 1. The molecule has 1 amide bonds. The van der Waals surface area contributed by atoms with Gasteiger partial charge in [-0.05, 0) is 49.1 Å². The van der Waals surface area contributed by atoms with Crippen molar-refractivity contribution < 1.29 is 17.8 Å². The molecule has 0 radical (unpaired) electrons. The van der Waals surface area contributed by atoms with Gasteiger partial charge < -0.3 is 0 Å². The number of hydrogen-bond donors (Lipinski definition) is 1. The van der Waals surface area contributed by atoms with Crippen LogP contribution in [0.15, 0.2) is 46.7 Å². The number of aryl methyl sites for hydroxylation is 1. The lowest BCUT2D eigenvalue weighted by atomic mass is 10.0. The van der Waals surface area contributed by atoms with Gasteiger partial charge >= 0.3 is 0 Å². The number of nitrogens with zero attached hydrogens (tertiary/aromatic N) is 2. The zero-order valence-corrected chi connectivity index (χ0v) is 18.7. The third kappa shape index (κ3) is 4.38. The fraction of sp³-hybridized carbons (Fsp3) is 0.273. The number of amides is 1. The molecule has 9 heteroatoms. The van der Waals surface area contributed by atoms with E-state index in [4.69, 9.17) is 4.78 Å². The molecule has 1 atom stereocenters. The van der Waals surface area contributed by atoms with E-state index in [0.717, 1.165) is 42.4 Å². The maximum Gasteiger partial charge on any atom is 0.232 e. The van der Waals surface area contributed by atoms with Crippen molar-refractivity contribution in [3.63, 3.8) is 0 Å². The summed E-state index contributed by atoms with van der Waals surface area (Å²) in [6.07, 6.45) is 1.67. The van der Waals surface area contributed by atoms with Crippen LogP contribution in [0, 0.1) is 23.3 Å². The Bertz CT molecular complexity index is 1250. The van der Waals surface area contributed by atoms with Crippen molar-refractivity contribution in [3.05, 3.63) is 65.4 Å². The molecule has 1 saturated carbocycles. The van der Waals surface area contributed by atoms with Crippen LogP contribution in [0.4, 0.5) is 13.9 Å². The number of benzene rings is 2. The molecule has 1 aliphatic rings. The van der Waals surface area contributed by atoms with Crippen molar-refractivity contribution in [3.8, 4) is 11.1 Å². The average Bonchev–Trinajstić information content (AvgIpc) is 3.52. The highest BCUT2D eigenvalue weighted by atomic mass is 32.2. The Kier molecular flexibility index (Phi) is 5.65. The van der Waals surface area contributed by atoms with E-state index in [9.17, 15) is 17.8 Å². The third-order valence-electron chi connectivity index (χ3n) is 5.22. The first kappa shape index (κ1) is 21.6. The zero-order chi connectivity index (χ0) is 22.3. The molecule has 4 rings (SSSR count). The monoisotopic (exact) mass is 461 g/mol. The van der Waals surface area contributed by atoms with Crippen LogP contribution in [0.25, 0.3) is 11.1 Å². The number of halogens is 2. The summed E-state index contributed by atoms with van der Waals surface area (Å²) in [7, 11) is -1.27. The second-order valence-electron chi connectivity index (χ2n) is 7.62. The van der Waals surface area contributed by atoms with Gasteiger partial charge in [0.25, 0.3) is 0 Å². The molecule has 0 bridgehead atoms. The summed E-state index contributed by atoms with van der Waals surface area (Å²) in [6, 6.07) is 9.99. The van der Waals surface area contributed by atoms with Crippen LogP contribution in [0.3, 0.4) is 0 Å². The number of nitrogens with one attached hydrogen (secondary N) is 1. The van der Waals surface area contributed by atoms with Crippen molar-refractivity contribution in [2.45, 2.75) is 35.6 Å². The highest BCUT2D eigenvalue weighted by Crippen LogP contribution is 2.39. The summed E-state index contributed by atoms with van der Waals surface area (Å²) in [6.45, 7) is 1.72. The zero-order valence-electron chi connectivity index (χ0n) is 17.0. The highest BCUT2D eigenvalue weighted by molar-refractivity contribution is 7.95. The Hall–Kier alpha value is -2.65. The molecule has 2 aromatic carbocycles. The fourth-order valence-corrected chi connectivity index (χ4v) is 6.76. The van der Waals surface area contributed by atoms with E-state index >= 15 is 0 Å². The van der Waals surface area contributed by atoms with Gasteiger partial charge in [-0.15, -0.1) is 0 Å². The summed E-state index contributed by atoms with van der Waals surface area (Å²) in [5.74, 6) is -1.25. The molecule has 31 heavy (non-hydrogen) atoms. The van der Waals surface area contributed by atoms with Crippen molar-refractivity contribution >= 4 is 32.1 Å². The number of likely N-dealkylation sites (N-methyl/N-ethyl adjacent to an activating group) is 1. The number of anilines is 1. The first-order chi connectivity index (χ1) is 14.7. The van der Waals surface area contributed by atoms with E-state index in [1.54, 1.807) is 38.2 Å². The average molecular weight is 462 g/mol. The molecule has 0 saturated heterocycles. The van der Waals surface area contributed by atoms with Gasteiger partial charge in [-0.25, -0.2) is 22.8 Å². The molecule has 162 valence electrons. The van der Waals surface area contributed by atoms with E-state index in [1.807, 2.05) is 0 Å². The molecule has 1 heterocycles. The standard InChI is InChI=1S/C22H21F2N3O2S2/c1-13-21(31(25,29)17-8-9-17)30-22(26-13)27(2)20(28)11-14-3-5-15(6-4-14)18-12-16(23)7-10-19(18)24/h3-7,10,12,17,25H,8-9,11H2,1-2H3. The summed E-state index contributed by atoms with van der Waals surface area (Å²) in [5, 5.41) is 0.304. The summed E-state index contributed by atoms with van der Waals surface area (Å²) in [5.41, 5.74) is 1.93. The van der Waals surface area contributed by atoms with Crippen molar-refractivity contribution in [2.24, 2.45) is 0 Å². The molecule has 0 aliphatic heterocycles. The van der Waals surface area contributed by atoms with E-state index in [1.165, 1.54) is 4.90 Å². The molecule has 1 unspecified atom stereocenters. The Labute approximate surface area is 183 Å². The van der Waals surface area contributed by atoms with Gasteiger partial charge in [0.15, 0.2) is 5.13 Å². The second-order valence-corrected chi connectivity index (χ2v) is 11.1. The minimum absolute atomic E-state index is 0.0925. The molecule has 1 aliphatic carbocycles. The number of carbonyl (C=O) groups excluding carboxylic acids is 1. The predicted molar refractivity (Wildman–Crippen MR) is 118 cm³/mol. The van der Waals surface area contributed by atoms with Crippen LogP contribution in [-0.2, 0) is 20.9 Å². The molecule has 5 nitrogen and oxygen atoms in total. The summed E-state index contributed by atoms with van der Waals surface area (Å²) in [4.78, 5) is 18.5. The highest BCUT2D eigenvalue weighted by Gasteiger charge is 2.36. The number of carbonyl (C=O) groups is 1.